The summed E-state index contributed by atoms with van der Waals surface area (Å²) < 4.78 is 34.1. The lowest BCUT2D eigenvalue weighted by Crippen LogP contribution is -2.27. The number of rotatable bonds is 7. The number of sulfonamides is 1. The van der Waals surface area contributed by atoms with Gasteiger partial charge in [0.05, 0.1) is 23.9 Å². The SMILES string of the molecule is COc1ccc2c(c1)c(CC(=O)Nc1ccc(S(=O)(=O)N3CCCC3)cc1)c(C)n2C(=O)c1ccc(Cl)cc1. The monoisotopic (exact) mass is 565 g/mol. The van der Waals surface area contributed by atoms with E-state index in [4.69, 9.17) is 16.3 Å². The van der Waals surface area contributed by atoms with Crippen LogP contribution >= 0.6 is 11.6 Å². The number of hydrogen-bond acceptors (Lipinski definition) is 5. The highest BCUT2D eigenvalue weighted by atomic mass is 35.5. The summed E-state index contributed by atoms with van der Waals surface area (Å²) in [6.45, 7) is 2.86. The molecule has 0 radical (unpaired) electrons. The summed E-state index contributed by atoms with van der Waals surface area (Å²) in [5.41, 5.74) is 2.94. The molecule has 8 nitrogen and oxygen atoms in total. The normalized spacial score (nSPS) is 14.0. The fourth-order valence-electron chi connectivity index (χ4n) is 4.95. The molecule has 0 bridgehead atoms. The first kappa shape index (κ1) is 26.9. The van der Waals surface area contributed by atoms with Crippen LogP contribution in [0.2, 0.25) is 5.02 Å². The lowest BCUT2D eigenvalue weighted by Gasteiger charge is -2.15. The number of ether oxygens (including phenoxy) is 1. The number of halogens is 1. The van der Waals surface area contributed by atoms with Gasteiger partial charge in [0.25, 0.3) is 5.91 Å². The molecule has 39 heavy (non-hydrogen) atoms. The fourth-order valence-corrected chi connectivity index (χ4v) is 6.59. The van der Waals surface area contributed by atoms with Crippen LogP contribution in [0.25, 0.3) is 10.9 Å². The molecule has 1 aliphatic rings. The maximum absolute atomic E-state index is 13.5. The maximum Gasteiger partial charge on any atom is 0.262 e. The Morgan fingerprint density at radius 2 is 1.64 bits per heavy atom. The van der Waals surface area contributed by atoms with Gasteiger partial charge in [-0.3, -0.25) is 14.2 Å². The van der Waals surface area contributed by atoms with Crippen LogP contribution in [0, 0.1) is 6.92 Å². The first-order chi connectivity index (χ1) is 18.7. The number of methoxy groups -OCH3 is 1. The second kappa shape index (κ2) is 10.8. The molecule has 0 aliphatic carbocycles. The number of benzene rings is 3. The van der Waals surface area contributed by atoms with Crippen LogP contribution in [-0.2, 0) is 21.2 Å². The van der Waals surface area contributed by atoms with Crippen molar-refractivity contribution in [3.05, 3.63) is 88.6 Å². The van der Waals surface area contributed by atoms with Gasteiger partial charge >= 0.3 is 0 Å². The van der Waals surface area contributed by atoms with Gasteiger partial charge in [-0.15, -0.1) is 0 Å². The van der Waals surface area contributed by atoms with Crippen molar-refractivity contribution in [1.29, 1.82) is 0 Å². The van der Waals surface area contributed by atoms with E-state index in [2.05, 4.69) is 5.32 Å². The Hall–Kier alpha value is -3.66. The fraction of sp³-hybridized carbons (Fsp3) is 0.241. The van der Waals surface area contributed by atoms with Gasteiger partial charge in [-0.2, -0.15) is 4.31 Å². The van der Waals surface area contributed by atoms with E-state index in [9.17, 15) is 18.0 Å². The molecule has 3 aromatic carbocycles. The second-order valence-corrected chi connectivity index (χ2v) is 11.8. The minimum Gasteiger partial charge on any atom is -0.497 e. The van der Waals surface area contributed by atoms with Gasteiger partial charge in [-0.1, -0.05) is 11.6 Å². The van der Waals surface area contributed by atoms with Crippen molar-refractivity contribution in [2.24, 2.45) is 0 Å². The Labute approximate surface area is 232 Å². The first-order valence-electron chi connectivity index (χ1n) is 12.6. The van der Waals surface area contributed by atoms with Gasteiger partial charge in [-0.05, 0) is 92.1 Å². The van der Waals surface area contributed by atoms with Crippen molar-refractivity contribution >= 4 is 50.0 Å². The number of fused-ring (bicyclic) bond motifs is 1. The summed E-state index contributed by atoms with van der Waals surface area (Å²) in [6.07, 6.45) is 1.73. The Balaban J connectivity index is 1.42. The van der Waals surface area contributed by atoms with E-state index in [1.807, 2.05) is 6.07 Å². The average Bonchev–Trinajstić information content (AvgIpc) is 3.57. The van der Waals surface area contributed by atoms with E-state index in [0.717, 1.165) is 18.2 Å². The molecular weight excluding hydrogens is 538 g/mol. The van der Waals surface area contributed by atoms with Gasteiger partial charge in [0.15, 0.2) is 0 Å². The van der Waals surface area contributed by atoms with E-state index in [-0.39, 0.29) is 23.1 Å². The predicted molar refractivity (Wildman–Crippen MR) is 151 cm³/mol. The molecule has 1 fully saturated rings. The van der Waals surface area contributed by atoms with Crippen LogP contribution < -0.4 is 10.1 Å². The molecule has 1 aromatic heterocycles. The second-order valence-electron chi connectivity index (χ2n) is 9.46. The van der Waals surface area contributed by atoms with Crippen molar-refractivity contribution in [2.45, 2.75) is 31.1 Å². The zero-order chi connectivity index (χ0) is 27.7. The number of carbonyl (C=O) groups is 2. The third kappa shape index (κ3) is 5.30. The van der Waals surface area contributed by atoms with E-state index in [1.165, 1.54) is 16.4 Å². The van der Waals surface area contributed by atoms with Crippen molar-refractivity contribution in [2.75, 3.05) is 25.5 Å². The molecule has 10 heteroatoms. The topological polar surface area (TPSA) is 97.7 Å². The number of anilines is 1. The summed E-state index contributed by atoms with van der Waals surface area (Å²) in [5, 5.41) is 4.11. The van der Waals surface area contributed by atoms with Crippen molar-refractivity contribution in [3.63, 3.8) is 0 Å². The Morgan fingerprint density at radius 3 is 2.28 bits per heavy atom. The van der Waals surface area contributed by atoms with E-state index >= 15 is 0 Å². The Morgan fingerprint density at radius 1 is 0.974 bits per heavy atom. The highest BCUT2D eigenvalue weighted by Crippen LogP contribution is 2.31. The number of nitrogens with one attached hydrogen (secondary N) is 1. The van der Waals surface area contributed by atoms with Crippen molar-refractivity contribution < 1.29 is 22.7 Å². The number of nitrogens with zero attached hydrogens (tertiary/aromatic N) is 2. The molecule has 2 heterocycles. The standard InChI is InChI=1S/C29H28ClN3O5S/c1-19-25(18-28(34)31-22-9-12-24(13-10-22)39(36,37)32-15-3-4-16-32)26-17-23(38-2)11-14-27(26)33(19)29(35)20-5-7-21(30)8-6-20/h5-14,17H,3-4,15-16,18H2,1-2H3,(H,31,34). The molecule has 5 rings (SSSR count). The number of carbonyl (C=O) groups excluding carboxylic acids is 2. The van der Waals surface area contributed by atoms with Gasteiger partial charge in [0, 0.05) is 40.4 Å². The Bertz CT molecular complexity index is 1660. The zero-order valence-electron chi connectivity index (χ0n) is 21.6. The zero-order valence-corrected chi connectivity index (χ0v) is 23.2. The van der Waals surface area contributed by atoms with Crippen LogP contribution in [-0.4, -0.2) is 49.3 Å². The molecule has 4 aromatic rings. The maximum atomic E-state index is 13.5. The molecule has 0 atom stereocenters. The molecule has 0 spiro atoms. The van der Waals surface area contributed by atoms with Crippen molar-refractivity contribution in [3.8, 4) is 5.75 Å². The molecule has 1 N–H and O–H groups in total. The van der Waals surface area contributed by atoms with Gasteiger partial charge in [0.2, 0.25) is 15.9 Å². The minimum atomic E-state index is -3.53. The molecule has 1 aliphatic heterocycles. The summed E-state index contributed by atoms with van der Waals surface area (Å²) in [7, 11) is -1.97. The average molecular weight is 566 g/mol. The van der Waals surface area contributed by atoms with Crippen LogP contribution in [0.4, 0.5) is 5.69 Å². The largest absolute Gasteiger partial charge is 0.497 e. The Kier molecular flexibility index (Phi) is 7.48. The third-order valence-electron chi connectivity index (χ3n) is 7.01. The predicted octanol–water partition coefficient (Wildman–Crippen LogP) is 5.27. The molecule has 1 saturated heterocycles. The minimum absolute atomic E-state index is 0.00419. The number of aromatic nitrogens is 1. The molecule has 0 unspecified atom stereocenters. The summed E-state index contributed by atoms with van der Waals surface area (Å²) in [5.74, 6) is 0.0740. The van der Waals surface area contributed by atoms with E-state index in [1.54, 1.807) is 67.1 Å². The summed E-state index contributed by atoms with van der Waals surface area (Å²) in [6, 6.07) is 18.2. The molecule has 0 saturated carbocycles. The number of amides is 1. The van der Waals surface area contributed by atoms with Crippen LogP contribution in [0.3, 0.4) is 0 Å². The van der Waals surface area contributed by atoms with Crippen LogP contribution in [0.1, 0.15) is 34.5 Å². The number of hydrogen-bond donors (Lipinski definition) is 1. The highest BCUT2D eigenvalue weighted by molar-refractivity contribution is 7.89. The lowest BCUT2D eigenvalue weighted by molar-refractivity contribution is -0.115. The molecular formula is C29H28ClN3O5S. The smallest absolute Gasteiger partial charge is 0.262 e. The molecule has 202 valence electrons. The van der Waals surface area contributed by atoms with Gasteiger partial charge in [-0.25, -0.2) is 8.42 Å². The van der Waals surface area contributed by atoms with E-state index in [0.29, 0.717) is 51.9 Å². The van der Waals surface area contributed by atoms with Crippen LogP contribution in [0.15, 0.2) is 71.6 Å². The van der Waals surface area contributed by atoms with Gasteiger partial charge in [0.1, 0.15) is 5.75 Å². The third-order valence-corrected chi connectivity index (χ3v) is 9.18. The summed E-state index contributed by atoms with van der Waals surface area (Å²) in [4.78, 5) is 26.8. The first-order valence-corrected chi connectivity index (χ1v) is 14.4. The van der Waals surface area contributed by atoms with Gasteiger partial charge < -0.3 is 10.1 Å². The van der Waals surface area contributed by atoms with E-state index < -0.39 is 10.0 Å². The quantitative estimate of drug-likeness (QED) is 0.329. The van der Waals surface area contributed by atoms with Crippen molar-refractivity contribution in [1.82, 2.24) is 8.87 Å². The highest BCUT2D eigenvalue weighted by Gasteiger charge is 2.27. The van der Waals surface area contributed by atoms with Crippen LogP contribution in [0.5, 0.6) is 5.75 Å². The lowest BCUT2D eigenvalue weighted by atomic mass is 10.1. The summed E-state index contributed by atoms with van der Waals surface area (Å²) >= 11 is 6.00. The molecule has 1 amide bonds.